The van der Waals surface area contributed by atoms with E-state index in [0.717, 1.165) is 30.2 Å². The molecule has 4 rings (SSSR count). The molecule has 0 spiro atoms. The first-order chi connectivity index (χ1) is 14.7. The van der Waals surface area contributed by atoms with E-state index >= 15 is 0 Å². The molecule has 0 radical (unpaired) electrons. The number of methoxy groups -OCH3 is 1. The minimum atomic E-state index is -0.328. The Morgan fingerprint density at radius 2 is 1.73 bits per heavy atom. The zero-order chi connectivity index (χ0) is 20.8. The Bertz CT molecular complexity index is 986. The number of hydrogen-bond acceptors (Lipinski definition) is 6. The van der Waals surface area contributed by atoms with Gasteiger partial charge in [0.2, 0.25) is 0 Å². The van der Waals surface area contributed by atoms with Crippen molar-refractivity contribution in [2.45, 2.75) is 0 Å². The van der Waals surface area contributed by atoms with Crippen molar-refractivity contribution < 1.29 is 14.3 Å². The number of ether oxygens (including phenoxy) is 2. The Labute approximate surface area is 174 Å². The molecule has 2 N–H and O–H groups in total. The van der Waals surface area contributed by atoms with Gasteiger partial charge in [-0.15, -0.1) is 10.2 Å². The minimum absolute atomic E-state index is 0.328. The summed E-state index contributed by atoms with van der Waals surface area (Å²) in [6, 6.07) is 18.2. The Morgan fingerprint density at radius 1 is 0.967 bits per heavy atom. The van der Waals surface area contributed by atoms with Crippen LogP contribution in [0.4, 0.5) is 22.0 Å². The third-order valence-electron chi connectivity index (χ3n) is 4.75. The van der Waals surface area contributed by atoms with Crippen LogP contribution in [-0.2, 0) is 4.74 Å². The fraction of sp³-hybridized carbons (Fsp3) is 0.227. The van der Waals surface area contributed by atoms with Gasteiger partial charge in [-0.1, -0.05) is 18.2 Å². The monoisotopic (exact) mass is 405 g/mol. The average Bonchev–Trinajstić information content (AvgIpc) is 2.80. The zero-order valence-electron chi connectivity index (χ0n) is 16.7. The summed E-state index contributed by atoms with van der Waals surface area (Å²) in [5.41, 5.74) is 3.03. The normalized spacial score (nSPS) is 13.6. The summed E-state index contributed by atoms with van der Waals surface area (Å²) in [5.74, 6) is 1.53. The lowest BCUT2D eigenvalue weighted by atomic mass is 10.1. The van der Waals surface area contributed by atoms with E-state index in [2.05, 4.69) is 25.7 Å². The van der Waals surface area contributed by atoms with Gasteiger partial charge in [0.05, 0.1) is 26.0 Å². The standard InChI is InChI=1S/C22H23N5O3/c1-29-19-4-2-3-18(15-19)24-22(28)23-17-7-5-16(6-8-17)20-9-10-21(26-25-20)27-11-13-30-14-12-27/h2-10,15H,11-14H2,1H3,(H2,23,24,28). The maximum absolute atomic E-state index is 12.2. The molecule has 8 heteroatoms. The Balaban J connectivity index is 1.37. The molecule has 2 amide bonds. The van der Waals surface area contributed by atoms with Crippen LogP contribution in [0.15, 0.2) is 60.7 Å². The molecule has 0 bridgehead atoms. The van der Waals surface area contributed by atoms with Crippen LogP contribution in [0.3, 0.4) is 0 Å². The molecule has 1 aromatic heterocycles. The summed E-state index contributed by atoms with van der Waals surface area (Å²) >= 11 is 0. The third kappa shape index (κ3) is 4.84. The lowest BCUT2D eigenvalue weighted by Crippen LogP contribution is -2.36. The SMILES string of the molecule is COc1cccc(NC(=O)Nc2ccc(-c3ccc(N4CCOCC4)nn3)cc2)c1. The Hall–Kier alpha value is -3.65. The third-order valence-corrected chi connectivity index (χ3v) is 4.75. The first-order valence-corrected chi connectivity index (χ1v) is 9.70. The van der Waals surface area contributed by atoms with Crippen molar-refractivity contribution in [1.82, 2.24) is 10.2 Å². The zero-order valence-corrected chi connectivity index (χ0v) is 16.7. The molecular formula is C22H23N5O3. The smallest absolute Gasteiger partial charge is 0.323 e. The number of benzene rings is 2. The summed E-state index contributed by atoms with van der Waals surface area (Å²) in [6.45, 7) is 3.07. The summed E-state index contributed by atoms with van der Waals surface area (Å²) in [4.78, 5) is 14.4. The Kier molecular flexibility index (Phi) is 6.05. The highest BCUT2D eigenvalue weighted by Crippen LogP contribution is 2.22. The second-order valence-electron chi connectivity index (χ2n) is 6.76. The fourth-order valence-electron chi connectivity index (χ4n) is 3.16. The molecule has 0 saturated carbocycles. The van der Waals surface area contributed by atoms with Crippen molar-refractivity contribution >= 4 is 23.2 Å². The van der Waals surface area contributed by atoms with Crippen LogP contribution in [0, 0.1) is 0 Å². The van der Waals surface area contributed by atoms with Gasteiger partial charge in [0, 0.05) is 36.1 Å². The molecule has 2 aromatic carbocycles. The molecule has 3 aromatic rings. The number of nitrogens with zero attached hydrogens (tertiary/aromatic N) is 3. The molecule has 2 heterocycles. The molecule has 30 heavy (non-hydrogen) atoms. The number of anilines is 3. The first-order valence-electron chi connectivity index (χ1n) is 9.70. The van der Waals surface area contributed by atoms with Crippen molar-refractivity contribution in [3.05, 3.63) is 60.7 Å². The second kappa shape index (κ2) is 9.23. The molecule has 8 nitrogen and oxygen atoms in total. The molecule has 1 saturated heterocycles. The fourth-order valence-corrected chi connectivity index (χ4v) is 3.16. The highest BCUT2D eigenvalue weighted by atomic mass is 16.5. The van der Waals surface area contributed by atoms with E-state index in [1.54, 1.807) is 19.2 Å². The van der Waals surface area contributed by atoms with Gasteiger partial charge >= 0.3 is 6.03 Å². The van der Waals surface area contributed by atoms with Crippen LogP contribution in [0.2, 0.25) is 0 Å². The van der Waals surface area contributed by atoms with E-state index < -0.39 is 0 Å². The van der Waals surface area contributed by atoms with Crippen LogP contribution in [0.25, 0.3) is 11.3 Å². The summed E-state index contributed by atoms with van der Waals surface area (Å²) in [6.07, 6.45) is 0. The van der Waals surface area contributed by atoms with Crippen molar-refractivity contribution in [3.63, 3.8) is 0 Å². The van der Waals surface area contributed by atoms with Crippen molar-refractivity contribution in [2.24, 2.45) is 0 Å². The molecule has 0 unspecified atom stereocenters. The highest BCUT2D eigenvalue weighted by molar-refractivity contribution is 5.99. The van der Waals surface area contributed by atoms with E-state index in [1.165, 1.54) is 0 Å². The first kappa shape index (κ1) is 19.7. The summed E-state index contributed by atoms with van der Waals surface area (Å²) in [7, 11) is 1.58. The van der Waals surface area contributed by atoms with Gasteiger partial charge < -0.3 is 25.0 Å². The minimum Gasteiger partial charge on any atom is -0.497 e. The van der Waals surface area contributed by atoms with E-state index in [9.17, 15) is 4.79 Å². The molecule has 0 atom stereocenters. The summed E-state index contributed by atoms with van der Waals surface area (Å²) in [5, 5.41) is 14.3. The van der Waals surface area contributed by atoms with Crippen LogP contribution in [-0.4, -0.2) is 49.6 Å². The molecule has 1 aliphatic heterocycles. The molecular weight excluding hydrogens is 382 g/mol. The van der Waals surface area contributed by atoms with Crippen molar-refractivity contribution in [1.29, 1.82) is 0 Å². The predicted molar refractivity (Wildman–Crippen MR) is 116 cm³/mol. The van der Waals surface area contributed by atoms with Crippen LogP contribution < -0.4 is 20.3 Å². The van der Waals surface area contributed by atoms with Gasteiger partial charge in [0.1, 0.15) is 5.75 Å². The number of aromatic nitrogens is 2. The lowest BCUT2D eigenvalue weighted by Gasteiger charge is -2.27. The summed E-state index contributed by atoms with van der Waals surface area (Å²) < 4.78 is 10.5. The number of carbonyl (C=O) groups is 1. The lowest BCUT2D eigenvalue weighted by molar-refractivity contribution is 0.122. The number of nitrogens with one attached hydrogen (secondary N) is 2. The average molecular weight is 405 g/mol. The van der Waals surface area contributed by atoms with Crippen molar-refractivity contribution in [2.75, 3.05) is 48.9 Å². The van der Waals surface area contributed by atoms with Gasteiger partial charge in [0.15, 0.2) is 5.82 Å². The number of amides is 2. The van der Waals surface area contributed by atoms with Gasteiger partial charge in [-0.2, -0.15) is 0 Å². The van der Waals surface area contributed by atoms with E-state index in [1.807, 2.05) is 48.5 Å². The van der Waals surface area contributed by atoms with Crippen LogP contribution in [0.1, 0.15) is 0 Å². The van der Waals surface area contributed by atoms with Crippen LogP contribution in [0.5, 0.6) is 5.75 Å². The topological polar surface area (TPSA) is 88.6 Å². The molecule has 0 aliphatic carbocycles. The van der Waals surface area contributed by atoms with Crippen LogP contribution >= 0.6 is 0 Å². The molecule has 1 fully saturated rings. The highest BCUT2D eigenvalue weighted by Gasteiger charge is 2.13. The Morgan fingerprint density at radius 3 is 2.43 bits per heavy atom. The van der Waals surface area contributed by atoms with E-state index in [4.69, 9.17) is 9.47 Å². The largest absolute Gasteiger partial charge is 0.497 e. The van der Waals surface area contributed by atoms with Crippen molar-refractivity contribution in [3.8, 4) is 17.0 Å². The second-order valence-corrected chi connectivity index (χ2v) is 6.76. The number of hydrogen-bond donors (Lipinski definition) is 2. The van der Waals surface area contributed by atoms with Gasteiger partial charge in [-0.05, 0) is 36.4 Å². The molecule has 154 valence electrons. The maximum atomic E-state index is 12.2. The number of carbonyl (C=O) groups excluding carboxylic acids is 1. The quantitative estimate of drug-likeness (QED) is 0.674. The number of urea groups is 1. The van der Waals surface area contributed by atoms with Gasteiger partial charge in [0.25, 0.3) is 0 Å². The van der Waals surface area contributed by atoms with E-state index in [-0.39, 0.29) is 6.03 Å². The maximum Gasteiger partial charge on any atom is 0.323 e. The number of morpholine rings is 1. The van der Waals surface area contributed by atoms with Gasteiger partial charge in [-0.25, -0.2) is 4.79 Å². The predicted octanol–water partition coefficient (Wildman–Crippen LogP) is 3.63. The molecule has 1 aliphatic rings. The van der Waals surface area contributed by atoms with Gasteiger partial charge in [-0.3, -0.25) is 0 Å². The van der Waals surface area contributed by atoms with E-state index in [0.29, 0.717) is 30.3 Å². The number of rotatable bonds is 5.